The van der Waals surface area contributed by atoms with Crippen LogP contribution in [0.5, 0.6) is 5.75 Å². The third-order valence-electron chi connectivity index (χ3n) is 3.49. The monoisotopic (exact) mass is 351 g/mol. The number of hydrogen-bond acceptors (Lipinski definition) is 6. The van der Waals surface area contributed by atoms with Gasteiger partial charge in [-0.15, -0.1) is 0 Å². The Morgan fingerprint density at radius 1 is 1.00 bits per heavy atom. The molecule has 7 heteroatoms. The number of nitrogens with zero attached hydrogens (tertiary/aromatic N) is 2. The Morgan fingerprint density at radius 2 is 1.73 bits per heavy atom. The fourth-order valence-electron chi connectivity index (χ4n) is 2.30. The van der Waals surface area contributed by atoms with Gasteiger partial charge in [0.15, 0.2) is 6.61 Å². The molecule has 132 valence electrons. The molecule has 3 rings (SSSR count). The zero-order chi connectivity index (χ0) is 18.4. The van der Waals surface area contributed by atoms with Crippen LogP contribution in [0.15, 0.2) is 54.9 Å². The lowest BCUT2D eigenvalue weighted by atomic mass is 10.2. The summed E-state index contributed by atoms with van der Waals surface area (Å²) in [6.45, 7) is 2.08. The zero-order valence-corrected chi connectivity index (χ0v) is 14.1. The van der Waals surface area contributed by atoms with Crippen molar-refractivity contribution in [2.75, 3.05) is 18.5 Å². The van der Waals surface area contributed by atoms with E-state index < -0.39 is 11.9 Å². The highest BCUT2D eigenvalue weighted by Crippen LogP contribution is 2.16. The second kappa shape index (κ2) is 8.06. The molecule has 7 nitrogen and oxygen atoms in total. The number of anilines is 1. The number of fused-ring (bicyclic) bond motifs is 1. The maximum absolute atomic E-state index is 12.1. The lowest BCUT2D eigenvalue weighted by molar-refractivity contribution is -0.119. The number of amides is 1. The summed E-state index contributed by atoms with van der Waals surface area (Å²) in [6, 6.07) is 11.8. The number of aromatic nitrogens is 2. The van der Waals surface area contributed by atoms with Crippen molar-refractivity contribution < 1.29 is 19.1 Å². The molecule has 3 aromatic rings. The number of nitrogens with one attached hydrogen (secondary N) is 1. The van der Waals surface area contributed by atoms with E-state index in [0.29, 0.717) is 28.9 Å². The summed E-state index contributed by atoms with van der Waals surface area (Å²) in [5.41, 5.74) is 2.17. The van der Waals surface area contributed by atoms with E-state index in [1.807, 2.05) is 6.92 Å². The highest BCUT2D eigenvalue weighted by molar-refractivity contribution is 5.97. The SMILES string of the molecule is CCOc1ccc(NC(=O)COC(=O)c2ccc3nccnc3c2)cc1. The van der Waals surface area contributed by atoms with Gasteiger partial charge in [0.05, 0.1) is 23.2 Å². The third-order valence-corrected chi connectivity index (χ3v) is 3.49. The van der Waals surface area contributed by atoms with Gasteiger partial charge in [0.1, 0.15) is 5.75 Å². The molecule has 0 saturated carbocycles. The van der Waals surface area contributed by atoms with Crippen molar-refractivity contribution >= 4 is 28.6 Å². The quantitative estimate of drug-likeness (QED) is 0.687. The summed E-state index contributed by atoms with van der Waals surface area (Å²) in [4.78, 5) is 32.3. The predicted molar refractivity (Wildman–Crippen MR) is 96.1 cm³/mol. The summed E-state index contributed by atoms with van der Waals surface area (Å²) in [7, 11) is 0. The number of carbonyl (C=O) groups excluding carboxylic acids is 2. The van der Waals surface area contributed by atoms with Gasteiger partial charge in [-0.2, -0.15) is 0 Å². The number of ether oxygens (including phenoxy) is 2. The molecule has 1 heterocycles. The van der Waals surface area contributed by atoms with Crippen LogP contribution in [0, 0.1) is 0 Å². The van der Waals surface area contributed by atoms with Crippen LogP contribution in [0.2, 0.25) is 0 Å². The first-order valence-corrected chi connectivity index (χ1v) is 8.06. The van der Waals surface area contributed by atoms with E-state index in [9.17, 15) is 9.59 Å². The van der Waals surface area contributed by atoms with Crippen LogP contribution in [-0.2, 0) is 9.53 Å². The van der Waals surface area contributed by atoms with E-state index in [4.69, 9.17) is 9.47 Å². The van der Waals surface area contributed by atoms with Crippen LogP contribution in [0.1, 0.15) is 17.3 Å². The number of rotatable bonds is 6. The zero-order valence-electron chi connectivity index (χ0n) is 14.1. The van der Waals surface area contributed by atoms with Gasteiger partial charge < -0.3 is 14.8 Å². The molecular formula is C19H17N3O4. The first-order valence-electron chi connectivity index (χ1n) is 8.06. The van der Waals surface area contributed by atoms with E-state index >= 15 is 0 Å². The fraction of sp³-hybridized carbons (Fsp3) is 0.158. The average Bonchev–Trinajstić information content (AvgIpc) is 2.67. The first-order chi connectivity index (χ1) is 12.7. The highest BCUT2D eigenvalue weighted by atomic mass is 16.5. The van der Waals surface area contributed by atoms with Gasteiger partial charge in [-0.25, -0.2) is 4.79 Å². The van der Waals surface area contributed by atoms with E-state index in [-0.39, 0.29) is 6.61 Å². The second-order valence-corrected chi connectivity index (χ2v) is 5.34. The lowest BCUT2D eigenvalue weighted by Gasteiger charge is -2.08. The van der Waals surface area contributed by atoms with Crippen LogP contribution in [0.25, 0.3) is 11.0 Å². The predicted octanol–water partition coefficient (Wildman–Crippen LogP) is 2.82. The number of hydrogen-bond donors (Lipinski definition) is 1. The molecule has 2 aromatic carbocycles. The third kappa shape index (κ3) is 4.32. The molecule has 0 bridgehead atoms. The van der Waals surface area contributed by atoms with Crippen molar-refractivity contribution in [3.8, 4) is 5.75 Å². The molecule has 1 amide bonds. The van der Waals surface area contributed by atoms with Gasteiger partial charge in [-0.3, -0.25) is 14.8 Å². The highest BCUT2D eigenvalue weighted by Gasteiger charge is 2.11. The minimum atomic E-state index is -0.598. The topological polar surface area (TPSA) is 90.4 Å². The van der Waals surface area contributed by atoms with Crippen molar-refractivity contribution in [2.24, 2.45) is 0 Å². The van der Waals surface area contributed by atoms with E-state index in [1.54, 1.807) is 54.9 Å². The van der Waals surface area contributed by atoms with Crippen molar-refractivity contribution in [2.45, 2.75) is 6.92 Å². The molecule has 1 N–H and O–H groups in total. The Hall–Kier alpha value is -3.48. The lowest BCUT2D eigenvalue weighted by Crippen LogP contribution is -2.20. The molecule has 0 aliphatic rings. The first kappa shape index (κ1) is 17.3. The smallest absolute Gasteiger partial charge is 0.338 e. The van der Waals surface area contributed by atoms with Crippen LogP contribution < -0.4 is 10.1 Å². The molecule has 0 unspecified atom stereocenters. The van der Waals surface area contributed by atoms with Crippen LogP contribution in [0.3, 0.4) is 0 Å². The van der Waals surface area contributed by atoms with Gasteiger partial charge >= 0.3 is 5.97 Å². The Morgan fingerprint density at radius 3 is 2.46 bits per heavy atom. The molecular weight excluding hydrogens is 334 g/mol. The van der Waals surface area contributed by atoms with Gasteiger partial charge in [-0.1, -0.05) is 0 Å². The summed E-state index contributed by atoms with van der Waals surface area (Å²) in [6.07, 6.45) is 3.12. The second-order valence-electron chi connectivity index (χ2n) is 5.34. The van der Waals surface area contributed by atoms with Gasteiger partial charge in [0.2, 0.25) is 0 Å². The van der Waals surface area contributed by atoms with Crippen molar-refractivity contribution in [1.82, 2.24) is 9.97 Å². The van der Waals surface area contributed by atoms with Gasteiger partial charge in [0, 0.05) is 18.1 Å². The minimum Gasteiger partial charge on any atom is -0.494 e. The standard InChI is InChI=1S/C19H17N3O4/c1-2-25-15-6-4-14(5-7-15)22-18(23)12-26-19(24)13-3-8-16-17(11-13)21-10-9-20-16/h3-11H,2,12H2,1H3,(H,22,23). The van der Waals surface area contributed by atoms with E-state index in [0.717, 1.165) is 5.75 Å². The number of benzene rings is 2. The van der Waals surface area contributed by atoms with Crippen LogP contribution >= 0.6 is 0 Å². The molecule has 0 radical (unpaired) electrons. The van der Waals surface area contributed by atoms with Crippen LogP contribution in [0.4, 0.5) is 5.69 Å². The normalized spacial score (nSPS) is 10.3. The molecule has 0 aliphatic carbocycles. The molecule has 0 saturated heterocycles. The fourth-order valence-corrected chi connectivity index (χ4v) is 2.30. The summed E-state index contributed by atoms with van der Waals surface area (Å²) < 4.78 is 10.4. The molecule has 26 heavy (non-hydrogen) atoms. The Bertz CT molecular complexity index is 925. The van der Waals surface area contributed by atoms with Gasteiger partial charge in [0.25, 0.3) is 5.91 Å². The van der Waals surface area contributed by atoms with Gasteiger partial charge in [-0.05, 0) is 49.4 Å². The summed E-state index contributed by atoms with van der Waals surface area (Å²) in [5.74, 6) is -0.307. The molecule has 0 spiro atoms. The van der Waals surface area contributed by atoms with E-state index in [1.165, 1.54) is 0 Å². The summed E-state index contributed by atoms with van der Waals surface area (Å²) >= 11 is 0. The minimum absolute atomic E-state index is 0.312. The van der Waals surface area contributed by atoms with E-state index in [2.05, 4.69) is 15.3 Å². The number of esters is 1. The molecule has 0 fully saturated rings. The van der Waals surface area contributed by atoms with Crippen molar-refractivity contribution in [1.29, 1.82) is 0 Å². The largest absolute Gasteiger partial charge is 0.494 e. The average molecular weight is 351 g/mol. The molecule has 1 aromatic heterocycles. The maximum atomic E-state index is 12.1. The van der Waals surface area contributed by atoms with Crippen molar-refractivity contribution in [3.63, 3.8) is 0 Å². The van der Waals surface area contributed by atoms with Crippen molar-refractivity contribution in [3.05, 3.63) is 60.4 Å². The maximum Gasteiger partial charge on any atom is 0.338 e. The number of carbonyl (C=O) groups is 2. The molecule has 0 aliphatic heterocycles. The van der Waals surface area contributed by atoms with Crippen LogP contribution in [-0.4, -0.2) is 35.1 Å². The molecule has 0 atom stereocenters. The Balaban J connectivity index is 1.55. The Labute approximate surface area is 150 Å². The summed E-state index contributed by atoms with van der Waals surface area (Å²) in [5, 5.41) is 2.65. The Kier molecular flexibility index (Phi) is 5.38.